The Morgan fingerprint density at radius 2 is 1.80 bits per heavy atom. The standard InChI is InChI=1S/C18H18OS/c1-2-18(19,13-14-7-4-3-5-8-14)16-10-6-9-15-11-12-20-17(15)16/h3-12,19H,2,13H2,1H3. The van der Waals surface area contributed by atoms with Gasteiger partial charge in [-0.1, -0.05) is 55.5 Å². The van der Waals surface area contributed by atoms with Gasteiger partial charge >= 0.3 is 0 Å². The van der Waals surface area contributed by atoms with Crippen molar-refractivity contribution in [3.63, 3.8) is 0 Å². The third-order valence-electron chi connectivity index (χ3n) is 3.90. The van der Waals surface area contributed by atoms with Crippen molar-refractivity contribution in [2.45, 2.75) is 25.4 Å². The van der Waals surface area contributed by atoms with E-state index in [0.29, 0.717) is 12.8 Å². The molecule has 1 unspecified atom stereocenters. The van der Waals surface area contributed by atoms with E-state index in [1.807, 2.05) is 24.3 Å². The lowest BCUT2D eigenvalue weighted by Gasteiger charge is -2.28. The van der Waals surface area contributed by atoms with E-state index in [1.165, 1.54) is 15.6 Å². The summed E-state index contributed by atoms with van der Waals surface area (Å²) in [5, 5.41) is 14.5. The maximum atomic E-state index is 11.2. The zero-order valence-electron chi connectivity index (χ0n) is 11.5. The van der Waals surface area contributed by atoms with Gasteiger partial charge in [-0.25, -0.2) is 0 Å². The van der Waals surface area contributed by atoms with Gasteiger partial charge in [-0.2, -0.15) is 0 Å². The first-order valence-electron chi connectivity index (χ1n) is 6.96. The van der Waals surface area contributed by atoms with Gasteiger partial charge in [0.25, 0.3) is 0 Å². The zero-order chi connectivity index (χ0) is 14.0. The molecular weight excluding hydrogens is 264 g/mol. The topological polar surface area (TPSA) is 20.2 Å². The van der Waals surface area contributed by atoms with Crippen molar-refractivity contribution in [1.29, 1.82) is 0 Å². The molecule has 20 heavy (non-hydrogen) atoms. The Labute approximate surface area is 123 Å². The zero-order valence-corrected chi connectivity index (χ0v) is 12.4. The molecule has 0 bridgehead atoms. The molecule has 1 atom stereocenters. The van der Waals surface area contributed by atoms with Crippen LogP contribution in [0.5, 0.6) is 0 Å². The number of fused-ring (bicyclic) bond motifs is 1. The van der Waals surface area contributed by atoms with Gasteiger partial charge in [0.2, 0.25) is 0 Å². The fourth-order valence-corrected chi connectivity index (χ4v) is 3.71. The molecule has 3 aromatic rings. The molecule has 0 amide bonds. The third-order valence-corrected chi connectivity index (χ3v) is 4.87. The minimum atomic E-state index is -0.800. The molecule has 2 aromatic carbocycles. The number of hydrogen-bond donors (Lipinski definition) is 1. The summed E-state index contributed by atoms with van der Waals surface area (Å²) in [6.07, 6.45) is 1.36. The van der Waals surface area contributed by atoms with Crippen molar-refractivity contribution in [3.05, 3.63) is 71.1 Å². The van der Waals surface area contributed by atoms with Gasteiger partial charge in [-0.15, -0.1) is 11.3 Å². The van der Waals surface area contributed by atoms with Crippen molar-refractivity contribution in [3.8, 4) is 0 Å². The average Bonchev–Trinajstić information content (AvgIpc) is 2.96. The minimum absolute atomic E-state index is 0.654. The fraction of sp³-hybridized carbons (Fsp3) is 0.222. The second kappa shape index (κ2) is 5.39. The first-order valence-corrected chi connectivity index (χ1v) is 7.84. The molecule has 0 aliphatic carbocycles. The van der Waals surface area contributed by atoms with Crippen LogP contribution in [0.1, 0.15) is 24.5 Å². The van der Waals surface area contributed by atoms with Gasteiger partial charge in [-0.05, 0) is 28.8 Å². The summed E-state index contributed by atoms with van der Waals surface area (Å²) >= 11 is 1.71. The van der Waals surface area contributed by atoms with Crippen molar-refractivity contribution < 1.29 is 5.11 Å². The Morgan fingerprint density at radius 3 is 2.55 bits per heavy atom. The molecule has 0 saturated heterocycles. The Balaban J connectivity index is 2.06. The molecule has 102 valence electrons. The number of benzene rings is 2. The Morgan fingerprint density at radius 1 is 1.00 bits per heavy atom. The Bertz CT molecular complexity index is 702. The van der Waals surface area contributed by atoms with E-state index in [4.69, 9.17) is 0 Å². The summed E-state index contributed by atoms with van der Waals surface area (Å²) in [6, 6.07) is 18.5. The van der Waals surface area contributed by atoms with Crippen LogP contribution in [0.2, 0.25) is 0 Å². The molecule has 1 N–H and O–H groups in total. The monoisotopic (exact) mass is 282 g/mol. The van der Waals surface area contributed by atoms with E-state index >= 15 is 0 Å². The molecule has 1 heterocycles. The maximum Gasteiger partial charge on any atom is 0.0947 e. The Hall–Kier alpha value is -1.64. The lowest BCUT2D eigenvalue weighted by molar-refractivity contribution is 0.0344. The summed E-state index contributed by atoms with van der Waals surface area (Å²) < 4.78 is 1.20. The third kappa shape index (κ3) is 2.37. The van der Waals surface area contributed by atoms with Crippen molar-refractivity contribution in [1.82, 2.24) is 0 Å². The van der Waals surface area contributed by atoms with E-state index in [9.17, 15) is 5.11 Å². The van der Waals surface area contributed by atoms with E-state index in [2.05, 4.69) is 42.6 Å². The van der Waals surface area contributed by atoms with Crippen molar-refractivity contribution in [2.75, 3.05) is 0 Å². The molecule has 0 aliphatic rings. The molecule has 2 heteroatoms. The van der Waals surface area contributed by atoms with Gasteiger partial charge in [0.1, 0.15) is 0 Å². The van der Waals surface area contributed by atoms with Crippen LogP contribution in [0.4, 0.5) is 0 Å². The molecule has 1 nitrogen and oxygen atoms in total. The van der Waals surface area contributed by atoms with Crippen LogP contribution in [0.3, 0.4) is 0 Å². The highest BCUT2D eigenvalue weighted by Gasteiger charge is 2.29. The second-order valence-corrected chi connectivity index (χ2v) is 6.11. The number of thiophene rings is 1. The van der Waals surface area contributed by atoms with Crippen LogP contribution in [-0.4, -0.2) is 5.11 Å². The van der Waals surface area contributed by atoms with Crippen molar-refractivity contribution >= 4 is 21.4 Å². The van der Waals surface area contributed by atoms with E-state index in [0.717, 1.165) is 5.56 Å². The number of hydrogen-bond acceptors (Lipinski definition) is 2. The summed E-state index contributed by atoms with van der Waals surface area (Å²) in [7, 11) is 0. The van der Waals surface area contributed by atoms with E-state index in [1.54, 1.807) is 11.3 Å². The fourth-order valence-electron chi connectivity index (χ4n) is 2.70. The molecule has 3 rings (SSSR count). The van der Waals surface area contributed by atoms with Gasteiger partial charge in [-0.3, -0.25) is 0 Å². The first kappa shape index (κ1) is 13.3. The predicted molar refractivity (Wildman–Crippen MR) is 86.2 cm³/mol. The lowest BCUT2D eigenvalue weighted by atomic mass is 9.84. The molecule has 0 saturated carbocycles. The van der Waals surface area contributed by atoms with Crippen LogP contribution in [0, 0.1) is 0 Å². The summed E-state index contributed by atoms with van der Waals surface area (Å²) in [4.78, 5) is 0. The summed E-state index contributed by atoms with van der Waals surface area (Å²) in [5.41, 5.74) is 1.42. The highest BCUT2D eigenvalue weighted by atomic mass is 32.1. The quantitative estimate of drug-likeness (QED) is 0.732. The average molecular weight is 282 g/mol. The molecule has 0 radical (unpaired) electrons. The molecule has 0 spiro atoms. The number of aliphatic hydroxyl groups is 1. The molecular formula is C18H18OS. The number of rotatable bonds is 4. The van der Waals surface area contributed by atoms with Crippen molar-refractivity contribution in [2.24, 2.45) is 0 Å². The highest BCUT2D eigenvalue weighted by Crippen LogP contribution is 2.36. The molecule has 0 aliphatic heterocycles. The highest BCUT2D eigenvalue weighted by molar-refractivity contribution is 7.17. The van der Waals surface area contributed by atoms with Crippen LogP contribution in [-0.2, 0) is 12.0 Å². The van der Waals surface area contributed by atoms with Crippen LogP contribution in [0.25, 0.3) is 10.1 Å². The Kier molecular flexibility index (Phi) is 3.60. The van der Waals surface area contributed by atoms with Gasteiger partial charge < -0.3 is 5.11 Å². The summed E-state index contributed by atoms with van der Waals surface area (Å²) in [5.74, 6) is 0. The second-order valence-electron chi connectivity index (χ2n) is 5.19. The molecule has 0 fully saturated rings. The van der Waals surface area contributed by atoms with E-state index < -0.39 is 5.60 Å². The normalized spacial score (nSPS) is 14.3. The lowest BCUT2D eigenvalue weighted by Crippen LogP contribution is -2.27. The molecule has 1 aromatic heterocycles. The SMILES string of the molecule is CCC(O)(Cc1ccccc1)c1cccc2ccsc12. The smallest absolute Gasteiger partial charge is 0.0947 e. The van der Waals surface area contributed by atoms with E-state index in [-0.39, 0.29) is 0 Å². The summed E-state index contributed by atoms with van der Waals surface area (Å²) in [6.45, 7) is 2.05. The minimum Gasteiger partial charge on any atom is -0.385 e. The maximum absolute atomic E-state index is 11.2. The first-order chi connectivity index (χ1) is 9.73. The van der Waals surface area contributed by atoms with Crippen LogP contribution in [0.15, 0.2) is 60.0 Å². The predicted octanol–water partition coefficient (Wildman–Crippen LogP) is 4.74. The van der Waals surface area contributed by atoms with Gasteiger partial charge in [0, 0.05) is 16.7 Å². The van der Waals surface area contributed by atoms with Gasteiger partial charge in [0.15, 0.2) is 0 Å². The largest absolute Gasteiger partial charge is 0.385 e. The van der Waals surface area contributed by atoms with Crippen LogP contribution >= 0.6 is 11.3 Å². The van der Waals surface area contributed by atoms with Crippen LogP contribution < -0.4 is 0 Å². The van der Waals surface area contributed by atoms with Gasteiger partial charge in [0.05, 0.1) is 5.60 Å².